The molecule has 1 rings (SSSR count). The van der Waals surface area contributed by atoms with Gasteiger partial charge in [-0.3, -0.25) is 4.99 Å². The lowest BCUT2D eigenvalue weighted by Gasteiger charge is -2.01. The van der Waals surface area contributed by atoms with Gasteiger partial charge < -0.3 is 0 Å². The van der Waals surface area contributed by atoms with Crippen LogP contribution in [-0.2, 0) is 0 Å². The summed E-state index contributed by atoms with van der Waals surface area (Å²) in [7, 11) is 0. The molecule has 0 aliphatic heterocycles. The summed E-state index contributed by atoms with van der Waals surface area (Å²) in [4.78, 5) is 5.33. The van der Waals surface area contributed by atoms with Crippen LogP contribution in [-0.4, -0.2) is 12.5 Å². The molecule has 0 spiro atoms. The maximum atomic E-state index is 5.83. The van der Waals surface area contributed by atoms with E-state index in [-0.39, 0.29) is 0 Å². The maximum absolute atomic E-state index is 5.83. The molecular weight excluding hydrogens is 190 g/mol. The molecule has 1 aromatic carbocycles. The van der Waals surface area contributed by atoms with Crippen LogP contribution in [0.3, 0.4) is 0 Å². The van der Waals surface area contributed by atoms with Gasteiger partial charge in [0.05, 0.1) is 5.69 Å². The van der Waals surface area contributed by atoms with Crippen molar-refractivity contribution in [2.75, 3.05) is 6.26 Å². The van der Waals surface area contributed by atoms with Crippen molar-refractivity contribution in [1.82, 2.24) is 0 Å². The van der Waals surface area contributed by atoms with E-state index >= 15 is 0 Å². The third-order valence-corrected chi connectivity index (χ3v) is 2.41. The Hall–Kier alpha value is -0.470. The highest BCUT2D eigenvalue weighted by Crippen LogP contribution is 2.30. The van der Waals surface area contributed by atoms with Crippen LogP contribution in [0.4, 0.5) is 5.69 Å². The van der Waals surface area contributed by atoms with Crippen LogP contribution in [0.25, 0.3) is 0 Å². The average Bonchev–Trinajstić information content (AvgIpc) is 2.08. The van der Waals surface area contributed by atoms with Gasteiger partial charge in [-0.05, 0) is 31.4 Å². The van der Waals surface area contributed by atoms with Crippen LogP contribution in [0.5, 0.6) is 0 Å². The van der Waals surface area contributed by atoms with E-state index in [1.807, 2.05) is 31.4 Å². The van der Waals surface area contributed by atoms with E-state index in [1.54, 1.807) is 18.0 Å². The van der Waals surface area contributed by atoms with Gasteiger partial charge >= 0.3 is 0 Å². The van der Waals surface area contributed by atoms with Gasteiger partial charge in [-0.25, -0.2) is 0 Å². The highest BCUT2D eigenvalue weighted by atomic mass is 35.5. The third-order valence-electron chi connectivity index (χ3n) is 1.41. The minimum atomic E-state index is 0.759. The standard InChI is InChI=1S/C9H10ClNS/c1-3-11-8-5-4-7(10)6-9(8)12-2/h3-6H,1-2H3. The summed E-state index contributed by atoms with van der Waals surface area (Å²) in [5.74, 6) is 0. The van der Waals surface area contributed by atoms with Crippen molar-refractivity contribution in [2.24, 2.45) is 4.99 Å². The number of benzene rings is 1. The topological polar surface area (TPSA) is 12.4 Å². The summed E-state index contributed by atoms with van der Waals surface area (Å²) in [5.41, 5.74) is 0.981. The first kappa shape index (κ1) is 9.62. The van der Waals surface area contributed by atoms with E-state index in [4.69, 9.17) is 11.6 Å². The van der Waals surface area contributed by atoms with Crippen LogP contribution < -0.4 is 0 Å². The van der Waals surface area contributed by atoms with E-state index in [9.17, 15) is 0 Å². The van der Waals surface area contributed by atoms with Gasteiger partial charge in [0, 0.05) is 16.1 Å². The number of rotatable bonds is 2. The quantitative estimate of drug-likeness (QED) is 0.522. The lowest BCUT2D eigenvalue weighted by atomic mass is 10.3. The van der Waals surface area contributed by atoms with E-state index < -0.39 is 0 Å². The number of aliphatic imine (C=N–C) groups is 1. The van der Waals surface area contributed by atoms with Gasteiger partial charge in [0.25, 0.3) is 0 Å². The molecule has 0 amide bonds. The van der Waals surface area contributed by atoms with E-state index in [0.717, 1.165) is 15.6 Å². The zero-order valence-electron chi connectivity index (χ0n) is 7.04. The van der Waals surface area contributed by atoms with Crippen molar-refractivity contribution in [3.8, 4) is 0 Å². The molecule has 0 N–H and O–H groups in total. The number of halogens is 1. The normalized spacial score (nSPS) is 10.9. The lowest BCUT2D eigenvalue weighted by molar-refractivity contribution is 1.38. The molecule has 0 fully saturated rings. The van der Waals surface area contributed by atoms with Crippen LogP contribution in [0.2, 0.25) is 5.02 Å². The molecule has 0 bridgehead atoms. The Bertz CT molecular complexity index is 297. The van der Waals surface area contributed by atoms with Crippen molar-refractivity contribution >= 4 is 35.3 Å². The Kier molecular flexibility index (Phi) is 3.63. The summed E-state index contributed by atoms with van der Waals surface area (Å²) in [6, 6.07) is 5.70. The largest absolute Gasteiger partial charge is 0.260 e. The number of hydrogen-bond donors (Lipinski definition) is 0. The molecule has 3 heteroatoms. The highest BCUT2D eigenvalue weighted by molar-refractivity contribution is 7.98. The molecule has 1 nitrogen and oxygen atoms in total. The Morgan fingerprint density at radius 1 is 1.50 bits per heavy atom. The number of nitrogens with zero attached hydrogens (tertiary/aromatic N) is 1. The van der Waals surface area contributed by atoms with Gasteiger partial charge in [-0.15, -0.1) is 11.8 Å². The van der Waals surface area contributed by atoms with E-state index in [2.05, 4.69) is 4.99 Å². The lowest BCUT2D eigenvalue weighted by Crippen LogP contribution is -1.73. The first-order chi connectivity index (χ1) is 5.77. The predicted octanol–water partition coefficient (Wildman–Crippen LogP) is 3.78. The Morgan fingerprint density at radius 2 is 2.25 bits per heavy atom. The summed E-state index contributed by atoms with van der Waals surface area (Å²) >= 11 is 7.48. The smallest absolute Gasteiger partial charge is 0.0762 e. The predicted molar refractivity (Wildman–Crippen MR) is 57.1 cm³/mol. The van der Waals surface area contributed by atoms with Gasteiger partial charge in [-0.1, -0.05) is 11.6 Å². The molecule has 0 saturated heterocycles. The zero-order valence-corrected chi connectivity index (χ0v) is 8.62. The van der Waals surface area contributed by atoms with Crippen LogP contribution >= 0.6 is 23.4 Å². The minimum absolute atomic E-state index is 0.759. The molecule has 1 aromatic rings. The molecule has 64 valence electrons. The fourth-order valence-electron chi connectivity index (χ4n) is 0.897. The monoisotopic (exact) mass is 199 g/mol. The Labute approximate surface area is 81.8 Å². The molecule has 0 radical (unpaired) electrons. The number of hydrogen-bond acceptors (Lipinski definition) is 2. The maximum Gasteiger partial charge on any atom is 0.0762 e. The average molecular weight is 200 g/mol. The Morgan fingerprint density at radius 3 is 2.83 bits per heavy atom. The van der Waals surface area contributed by atoms with Crippen molar-refractivity contribution < 1.29 is 0 Å². The van der Waals surface area contributed by atoms with E-state index in [0.29, 0.717) is 0 Å². The summed E-state index contributed by atoms with van der Waals surface area (Å²) in [6.45, 7) is 1.90. The first-order valence-electron chi connectivity index (χ1n) is 3.60. The second-order valence-electron chi connectivity index (χ2n) is 2.20. The van der Waals surface area contributed by atoms with Crippen molar-refractivity contribution in [1.29, 1.82) is 0 Å². The van der Waals surface area contributed by atoms with E-state index in [1.165, 1.54) is 0 Å². The first-order valence-corrected chi connectivity index (χ1v) is 5.20. The van der Waals surface area contributed by atoms with Gasteiger partial charge in [0.1, 0.15) is 0 Å². The SMILES string of the molecule is CC=Nc1ccc(Cl)cc1SC. The fourth-order valence-corrected chi connectivity index (χ4v) is 1.71. The molecule has 0 aliphatic carbocycles. The number of thioether (sulfide) groups is 1. The molecule has 0 unspecified atom stereocenters. The van der Waals surface area contributed by atoms with Gasteiger partial charge in [0.15, 0.2) is 0 Å². The molecule has 0 saturated carbocycles. The zero-order chi connectivity index (χ0) is 8.97. The van der Waals surface area contributed by atoms with Crippen LogP contribution in [0.1, 0.15) is 6.92 Å². The summed E-state index contributed by atoms with van der Waals surface area (Å²) in [6.07, 6.45) is 3.79. The summed E-state index contributed by atoms with van der Waals surface area (Å²) < 4.78 is 0. The van der Waals surface area contributed by atoms with Gasteiger partial charge in [0.2, 0.25) is 0 Å². The fraction of sp³-hybridized carbons (Fsp3) is 0.222. The second kappa shape index (κ2) is 4.53. The molecule has 0 atom stereocenters. The van der Waals surface area contributed by atoms with Crippen LogP contribution in [0, 0.1) is 0 Å². The van der Waals surface area contributed by atoms with Crippen molar-refractivity contribution in [3.63, 3.8) is 0 Å². The third kappa shape index (κ3) is 2.26. The van der Waals surface area contributed by atoms with Crippen LogP contribution in [0.15, 0.2) is 28.1 Å². The highest BCUT2D eigenvalue weighted by Gasteiger charge is 1.99. The molecule has 12 heavy (non-hydrogen) atoms. The molecular formula is C9H10ClNS. The van der Waals surface area contributed by atoms with Crippen molar-refractivity contribution in [3.05, 3.63) is 23.2 Å². The molecule has 0 aliphatic rings. The second-order valence-corrected chi connectivity index (χ2v) is 3.49. The van der Waals surface area contributed by atoms with Crippen molar-refractivity contribution in [2.45, 2.75) is 11.8 Å². The molecule has 0 heterocycles. The molecule has 0 aromatic heterocycles. The summed E-state index contributed by atoms with van der Waals surface area (Å²) in [5, 5.41) is 0.759. The van der Waals surface area contributed by atoms with Gasteiger partial charge in [-0.2, -0.15) is 0 Å². The Balaban J connectivity index is 3.10. The minimum Gasteiger partial charge on any atom is -0.260 e.